The summed E-state index contributed by atoms with van der Waals surface area (Å²) in [5.74, 6) is 0.202. The highest BCUT2D eigenvalue weighted by atomic mass is 32.1. The molecular weight excluding hydrogens is 246 g/mol. The van der Waals surface area contributed by atoms with Gasteiger partial charge in [-0.25, -0.2) is 0 Å². The van der Waals surface area contributed by atoms with Gasteiger partial charge in [0, 0.05) is 25.0 Å². The lowest BCUT2D eigenvalue weighted by molar-refractivity contribution is -0.134. The third-order valence-corrected chi connectivity index (χ3v) is 3.39. The number of ether oxygens (including phenoxy) is 1. The molecule has 18 heavy (non-hydrogen) atoms. The van der Waals surface area contributed by atoms with Crippen LogP contribution in [0.3, 0.4) is 0 Å². The molecule has 0 aliphatic rings. The summed E-state index contributed by atoms with van der Waals surface area (Å²) < 4.78 is 5.08. The number of amides is 1. The number of hydrogen-bond acceptors (Lipinski definition) is 3. The van der Waals surface area contributed by atoms with Crippen LogP contribution in [0.25, 0.3) is 0 Å². The maximum atomic E-state index is 12.3. The van der Waals surface area contributed by atoms with E-state index >= 15 is 0 Å². The molecule has 4 heteroatoms. The van der Waals surface area contributed by atoms with Crippen molar-refractivity contribution in [2.75, 3.05) is 20.3 Å². The molecule has 1 aromatic rings. The summed E-state index contributed by atoms with van der Waals surface area (Å²) in [6.45, 7) is 8.19. The first-order valence-corrected chi connectivity index (χ1v) is 7.09. The maximum absolute atomic E-state index is 12.3. The molecule has 0 fully saturated rings. The molecule has 0 spiro atoms. The fraction of sp³-hybridized carbons (Fsp3) is 0.643. The lowest BCUT2D eigenvalue weighted by atomic mass is 9.91. The Kier molecular flexibility index (Phi) is 5.82. The molecule has 0 aromatic carbocycles. The number of methoxy groups -OCH3 is 1. The molecule has 0 atom stereocenters. The van der Waals surface area contributed by atoms with Crippen LogP contribution in [0.1, 0.15) is 32.1 Å². The zero-order chi connectivity index (χ0) is 13.6. The van der Waals surface area contributed by atoms with Gasteiger partial charge in [0.25, 0.3) is 0 Å². The van der Waals surface area contributed by atoms with Crippen molar-refractivity contribution in [2.24, 2.45) is 5.41 Å². The summed E-state index contributed by atoms with van der Waals surface area (Å²) in [6, 6.07) is 4.08. The van der Waals surface area contributed by atoms with Crippen LogP contribution in [0.5, 0.6) is 0 Å². The summed E-state index contributed by atoms with van der Waals surface area (Å²) in [5.41, 5.74) is 0.0256. The van der Waals surface area contributed by atoms with Crippen molar-refractivity contribution in [3.8, 4) is 0 Å². The molecule has 3 nitrogen and oxygen atoms in total. The average molecular weight is 269 g/mol. The minimum atomic E-state index is 0.0256. The van der Waals surface area contributed by atoms with Crippen LogP contribution in [0.4, 0.5) is 0 Å². The molecule has 0 unspecified atom stereocenters. The van der Waals surface area contributed by atoms with Crippen LogP contribution in [-0.4, -0.2) is 31.1 Å². The van der Waals surface area contributed by atoms with Crippen molar-refractivity contribution >= 4 is 17.2 Å². The number of carbonyl (C=O) groups excluding carboxylic acids is 1. The van der Waals surface area contributed by atoms with E-state index in [0.717, 1.165) is 0 Å². The van der Waals surface area contributed by atoms with E-state index in [4.69, 9.17) is 4.74 Å². The fourth-order valence-corrected chi connectivity index (χ4v) is 2.37. The molecule has 0 aliphatic carbocycles. The number of carbonyl (C=O) groups is 1. The SMILES string of the molecule is COCCN(Cc1cccs1)C(=O)CC(C)(C)C. The highest BCUT2D eigenvalue weighted by Crippen LogP contribution is 2.21. The van der Waals surface area contributed by atoms with Gasteiger partial charge < -0.3 is 9.64 Å². The van der Waals surface area contributed by atoms with Gasteiger partial charge >= 0.3 is 0 Å². The van der Waals surface area contributed by atoms with Gasteiger partial charge in [0.1, 0.15) is 0 Å². The first kappa shape index (κ1) is 15.2. The van der Waals surface area contributed by atoms with Crippen LogP contribution in [0.15, 0.2) is 17.5 Å². The molecule has 0 aliphatic heterocycles. The van der Waals surface area contributed by atoms with Crippen molar-refractivity contribution in [1.82, 2.24) is 4.90 Å². The number of hydrogen-bond donors (Lipinski definition) is 0. The molecule has 1 amide bonds. The van der Waals surface area contributed by atoms with Gasteiger partial charge in [-0.15, -0.1) is 11.3 Å². The lowest BCUT2D eigenvalue weighted by Crippen LogP contribution is -2.35. The summed E-state index contributed by atoms with van der Waals surface area (Å²) in [4.78, 5) is 15.4. The summed E-state index contributed by atoms with van der Waals surface area (Å²) in [6.07, 6.45) is 0.572. The van der Waals surface area contributed by atoms with Crippen LogP contribution in [0, 0.1) is 5.41 Å². The second-order valence-electron chi connectivity index (χ2n) is 5.62. The Morgan fingerprint density at radius 1 is 1.44 bits per heavy atom. The number of rotatable bonds is 6. The smallest absolute Gasteiger partial charge is 0.223 e. The molecule has 0 N–H and O–H groups in total. The van der Waals surface area contributed by atoms with Gasteiger partial charge in [0.15, 0.2) is 0 Å². The van der Waals surface area contributed by atoms with Crippen molar-refractivity contribution < 1.29 is 9.53 Å². The van der Waals surface area contributed by atoms with Gasteiger partial charge in [-0.2, -0.15) is 0 Å². The lowest BCUT2D eigenvalue weighted by Gasteiger charge is -2.26. The first-order chi connectivity index (χ1) is 8.42. The van der Waals surface area contributed by atoms with Crippen molar-refractivity contribution in [3.63, 3.8) is 0 Å². The Morgan fingerprint density at radius 2 is 2.17 bits per heavy atom. The van der Waals surface area contributed by atoms with Gasteiger partial charge in [0.2, 0.25) is 5.91 Å². The van der Waals surface area contributed by atoms with Crippen LogP contribution < -0.4 is 0 Å². The van der Waals surface area contributed by atoms with Gasteiger partial charge in [-0.3, -0.25) is 4.79 Å². The average Bonchev–Trinajstić information content (AvgIpc) is 2.74. The molecular formula is C14H23NO2S. The van der Waals surface area contributed by atoms with E-state index in [1.807, 2.05) is 16.3 Å². The van der Waals surface area contributed by atoms with E-state index in [1.54, 1.807) is 18.4 Å². The monoisotopic (exact) mass is 269 g/mol. The van der Waals surface area contributed by atoms with E-state index in [1.165, 1.54) is 4.88 Å². The summed E-state index contributed by atoms with van der Waals surface area (Å²) in [5, 5.41) is 2.04. The van der Waals surface area contributed by atoms with Gasteiger partial charge in [-0.1, -0.05) is 26.8 Å². The zero-order valence-electron chi connectivity index (χ0n) is 11.7. The van der Waals surface area contributed by atoms with E-state index in [-0.39, 0.29) is 11.3 Å². The van der Waals surface area contributed by atoms with Gasteiger partial charge in [-0.05, 0) is 16.9 Å². The topological polar surface area (TPSA) is 29.5 Å². The molecule has 0 saturated carbocycles. The molecule has 1 aromatic heterocycles. The van der Waals surface area contributed by atoms with Crippen LogP contribution >= 0.6 is 11.3 Å². The quantitative estimate of drug-likeness (QED) is 0.794. The first-order valence-electron chi connectivity index (χ1n) is 6.21. The Morgan fingerprint density at radius 3 is 2.67 bits per heavy atom. The molecule has 0 saturated heterocycles. The predicted octanol–water partition coefficient (Wildman–Crippen LogP) is 3.16. The minimum absolute atomic E-state index is 0.0256. The maximum Gasteiger partial charge on any atom is 0.223 e. The molecule has 1 rings (SSSR count). The normalized spacial score (nSPS) is 11.6. The van der Waals surface area contributed by atoms with Crippen LogP contribution in [0.2, 0.25) is 0 Å². The number of thiophene rings is 1. The Hall–Kier alpha value is -0.870. The van der Waals surface area contributed by atoms with Crippen molar-refractivity contribution in [1.29, 1.82) is 0 Å². The Labute approximate surface area is 114 Å². The predicted molar refractivity (Wildman–Crippen MR) is 75.7 cm³/mol. The molecule has 0 radical (unpaired) electrons. The summed E-state index contributed by atoms with van der Waals surface area (Å²) in [7, 11) is 1.66. The molecule has 0 bridgehead atoms. The van der Waals surface area contributed by atoms with Gasteiger partial charge in [0.05, 0.1) is 13.2 Å². The molecule has 102 valence electrons. The molecule has 1 heterocycles. The van der Waals surface area contributed by atoms with Crippen LogP contribution in [-0.2, 0) is 16.1 Å². The van der Waals surface area contributed by atoms with E-state index in [2.05, 4.69) is 26.8 Å². The van der Waals surface area contributed by atoms with E-state index < -0.39 is 0 Å². The standard InChI is InChI=1S/C14H23NO2S/c1-14(2,3)10-13(16)15(7-8-17-4)11-12-6-5-9-18-12/h5-6,9H,7-8,10-11H2,1-4H3. The fourth-order valence-electron chi connectivity index (χ4n) is 1.65. The highest BCUT2D eigenvalue weighted by molar-refractivity contribution is 7.09. The third kappa shape index (κ3) is 5.65. The van der Waals surface area contributed by atoms with E-state index in [9.17, 15) is 4.79 Å². The Bertz CT molecular complexity index is 354. The zero-order valence-corrected chi connectivity index (χ0v) is 12.5. The second kappa shape index (κ2) is 6.90. The Balaban J connectivity index is 2.62. The largest absolute Gasteiger partial charge is 0.383 e. The van der Waals surface area contributed by atoms with Crippen molar-refractivity contribution in [3.05, 3.63) is 22.4 Å². The second-order valence-corrected chi connectivity index (χ2v) is 6.66. The van der Waals surface area contributed by atoms with Crippen molar-refractivity contribution in [2.45, 2.75) is 33.7 Å². The third-order valence-electron chi connectivity index (χ3n) is 2.53. The minimum Gasteiger partial charge on any atom is -0.383 e. The highest BCUT2D eigenvalue weighted by Gasteiger charge is 2.21. The van der Waals surface area contributed by atoms with E-state index in [0.29, 0.717) is 26.1 Å². The summed E-state index contributed by atoms with van der Waals surface area (Å²) >= 11 is 1.69. The number of nitrogens with zero attached hydrogens (tertiary/aromatic N) is 1.